The summed E-state index contributed by atoms with van der Waals surface area (Å²) >= 11 is 0. The molecule has 0 atom stereocenters. The van der Waals surface area contributed by atoms with Gasteiger partial charge in [0.25, 0.3) is 0 Å². The summed E-state index contributed by atoms with van der Waals surface area (Å²) < 4.78 is 10.5. The van der Waals surface area contributed by atoms with E-state index in [0.29, 0.717) is 32.5 Å². The second kappa shape index (κ2) is 27.2. The Hall–Kier alpha value is -1.06. The first-order valence-electron chi connectivity index (χ1n) is 14.5. The van der Waals surface area contributed by atoms with Crippen molar-refractivity contribution in [2.75, 3.05) is 13.2 Å². The topological polar surface area (TPSA) is 52.6 Å². The third-order valence-corrected chi connectivity index (χ3v) is 6.28. The van der Waals surface area contributed by atoms with Crippen molar-refractivity contribution < 1.29 is 19.1 Å². The molecule has 4 nitrogen and oxygen atoms in total. The molecule has 0 radical (unpaired) electrons. The average molecular weight is 469 g/mol. The minimum absolute atomic E-state index is 0.186. The molecule has 0 aliphatic heterocycles. The van der Waals surface area contributed by atoms with Gasteiger partial charge in [-0.25, -0.2) is 0 Å². The lowest BCUT2D eigenvalue weighted by atomic mass is 10.1. The third-order valence-electron chi connectivity index (χ3n) is 6.28. The van der Waals surface area contributed by atoms with Gasteiger partial charge < -0.3 is 9.47 Å². The quantitative estimate of drug-likeness (QED) is 0.0938. The average Bonchev–Trinajstić information content (AvgIpc) is 2.81. The van der Waals surface area contributed by atoms with Crippen molar-refractivity contribution in [3.05, 3.63) is 0 Å². The van der Waals surface area contributed by atoms with Crippen LogP contribution in [-0.4, -0.2) is 25.2 Å². The molecule has 0 aromatic carbocycles. The molecular weight excluding hydrogens is 412 g/mol. The highest BCUT2D eigenvalue weighted by atomic mass is 16.5. The molecule has 0 unspecified atom stereocenters. The van der Waals surface area contributed by atoms with Crippen molar-refractivity contribution in [3.63, 3.8) is 0 Å². The smallest absolute Gasteiger partial charge is 0.305 e. The van der Waals surface area contributed by atoms with E-state index in [-0.39, 0.29) is 11.9 Å². The van der Waals surface area contributed by atoms with E-state index >= 15 is 0 Å². The highest BCUT2D eigenvalue weighted by molar-refractivity contribution is 5.72. The molecule has 0 N–H and O–H groups in total. The summed E-state index contributed by atoms with van der Waals surface area (Å²) in [4.78, 5) is 23.5. The fourth-order valence-electron chi connectivity index (χ4n) is 4.07. The second-order valence-corrected chi connectivity index (χ2v) is 9.66. The van der Waals surface area contributed by atoms with Crippen molar-refractivity contribution in [3.8, 4) is 0 Å². The zero-order valence-electron chi connectivity index (χ0n) is 22.3. The van der Waals surface area contributed by atoms with Gasteiger partial charge in [-0.15, -0.1) is 0 Å². The fraction of sp³-hybridized carbons (Fsp3) is 0.931. The summed E-state index contributed by atoms with van der Waals surface area (Å²) in [6, 6.07) is 0. The molecule has 0 aliphatic rings. The lowest BCUT2D eigenvalue weighted by Gasteiger charge is -2.06. The number of esters is 2. The van der Waals surface area contributed by atoms with E-state index < -0.39 is 0 Å². The predicted molar refractivity (Wildman–Crippen MR) is 139 cm³/mol. The van der Waals surface area contributed by atoms with E-state index in [1.54, 1.807) is 0 Å². The zero-order valence-corrected chi connectivity index (χ0v) is 22.3. The minimum atomic E-state index is -0.188. The SMILES string of the molecule is CCCCCCCCCCCCCCOC(=O)CCCC(=O)OCCCCCCCCCC. The van der Waals surface area contributed by atoms with Crippen molar-refractivity contribution in [1.29, 1.82) is 0 Å². The van der Waals surface area contributed by atoms with Gasteiger partial charge in [-0.1, -0.05) is 129 Å². The Morgan fingerprint density at radius 2 is 0.667 bits per heavy atom. The number of carbonyl (C=O) groups is 2. The number of rotatable bonds is 26. The molecule has 0 amide bonds. The largest absolute Gasteiger partial charge is 0.466 e. The molecule has 0 spiro atoms. The van der Waals surface area contributed by atoms with Crippen molar-refractivity contribution in [2.24, 2.45) is 0 Å². The van der Waals surface area contributed by atoms with Crippen LogP contribution in [0.3, 0.4) is 0 Å². The number of hydrogen-bond donors (Lipinski definition) is 0. The summed E-state index contributed by atoms with van der Waals surface area (Å²) in [5.41, 5.74) is 0. The van der Waals surface area contributed by atoms with Gasteiger partial charge in [-0.2, -0.15) is 0 Å². The molecule has 4 heteroatoms. The summed E-state index contributed by atoms with van der Waals surface area (Å²) in [5.74, 6) is -0.374. The van der Waals surface area contributed by atoms with Gasteiger partial charge in [0, 0.05) is 12.8 Å². The van der Waals surface area contributed by atoms with Crippen molar-refractivity contribution in [2.45, 2.75) is 162 Å². The molecular formula is C29H56O4. The number of carbonyl (C=O) groups excluding carboxylic acids is 2. The Balaban J connectivity index is 3.28. The highest BCUT2D eigenvalue weighted by Crippen LogP contribution is 2.12. The van der Waals surface area contributed by atoms with Gasteiger partial charge in [0.05, 0.1) is 13.2 Å². The molecule has 0 saturated carbocycles. The van der Waals surface area contributed by atoms with Crippen LogP contribution in [0.15, 0.2) is 0 Å². The molecule has 0 fully saturated rings. The highest BCUT2D eigenvalue weighted by Gasteiger charge is 2.07. The Morgan fingerprint density at radius 3 is 0.970 bits per heavy atom. The first kappa shape index (κ1) is 31.9. The number of unbranched alkanes of at least 4 members (excludes halogenated alkanes) is 18. The summed E-state index contributed by atoms with van der Waals surface area (Å²) in [6.07, 6.45) is 26.6. The number of ether oxygens (including phenoxy) is 2. The van der Waals surface area contributed by atoms with Crippen LogP contribution in [0.4, 0.5) is 0 Å². The monoisotopic (exact) mass is 468 g/mol. The van der Waals surface area contributed by atoms with Gasteiger partial charge in [0.2, 0.25) is 0 Å². The normalized spacial score (nSPS) is 11.0. The zero-order chi connectivity index (χ0) is 24.2. The molecule has 0 saturated heterocycles. The van der Waals surface area contributed by atoms with Crippen molar-refractivity contribution in [1.82, 2.24) is 0 Å². The molecule has 0 aromatic heterocycles. The van der Waals surface area contributed by atoms with Crippen LogP contribution in [0.2, 0.25) is 0 Å². The summed E-state index contributed by atoms with van der Waals surface area (Å²) in [7, 11) is 0. The van der Waals surface area contributed by atoms with E-state index in [9.17, 15) is 9.59 Å². The lowest BCUT2D eigenvalue weighted by Crippen LogP contribution is -2.09. The third kappa shape index (κ3) is 27.1. The van der Waals surface area contributed by atoms with Crippen LogP contribution in [0, 0.1) is 0 Å². The van der Waals surface area contributed by atoms with E-state index in [2.05, 4.69) is 13.8 Å². The maximum absolute atomic E-state index is 11.8. The van der Waals surface area contributed by atoms with Crippen molar-refractivity contribution >= 4 is 11.9 Å². The molecule has 0 rings (SSSR count). The van der Waals surface area contributed by atoms with Crippen LogP contribution in [0.1, 0.15) is 162 Å². The fourth-order valence-corrected chi connectivity index (χ4v) is 4.07. The molecule has 0 aliphatic carbocycles. The molecule has 0 heterocycles. The van der Waals surface area contributed by atoms with Gasteiger partial charge >= 0.3 is 11.9 Å². The number of hydrogen-bond acceptors (Lipinski definition) is 4. The van der Waals surface area contributed by atoms with E-state index in [1.807, 2.05) is 0 Å². The maximum Gasteiger partial charge on any atom is 0.305 e. The summed E-state index contributed by atoms with van der Waals surface area (Å²) in [6.45, 7) is 5.52. The Bertz CT molecular complexity index is 422. The molecule has 33 heavy (non-hydrogen) atoms. The van der Waals surface area contributed by atoms with Crippen LogP contribution in [0.5, 0.6) is 0 Å². The standard InChI is InChI=1S/C29H56O4/c1-3-5-7-9-11-13-14-15-16-18-20-22-27-33-29(31)25-23-24-28(30)32-26-21-19-17-12-10-8-6-4-2/h3-27H2,1-2H3. The molecule has 0 bridgehead atoms. The van der Waals surface area contributed by atoms with Crippen LogP contribution in [-0.2, 0) is 19.1 Å². The first-order valence-corrected chi connectivity index (χ1v) is 14.5. The first-order chi connectivity index (χ1) is 16.2. The van der Waals surface area contributed by atoms with E-state index in [1.165, 1.54) is 103 Å². The van der Waals surface area contributed by atoms with Gasteiger partial charge in [0.15, 0.2) is 0 Å². The Morgan fingerprint density at radius 1 is 0.394 bits per heavy atom. The van der Waals surface area contributed by atoms with Gasteiger partial charge in [-0.3, -0.25) is 9.59 Å². The molecule has 196 valence electrons. The molecule has 0 aromatic rings. The Kier molecular flexibility index (Phi) is 26.3. The summed E-state index contributed by atoms with van der Waals surface area (Å²) in [5, 5.41) is 0. The van der Waals surface area contributed by atoms with Crippen LogP contribution < -0.4 is 0 Å². The van der Waals surface area contributed by atoms with Gasteiger partial charge in [0.1, 0.15) is 0 Å². The minimum Gasteiger partial charge on any atom is -0.466 e. The Labute approximate surface area is 206 Å². The maximum atomic E-state index is 11.8. The van der Waals surface area contributed by atoms with Crippen LogP contribution >= 0.6 is 0 Å². The van der Waals surface area contributed by atoms with E-state index in [4.69, 9.17) is 9.47 Å². The second-order valence-electron chi connectivity index (χ2n) is 9.66. The lowest BCUT2D eigenvalue weighted by molar-refractivity contribution is -0.145. The van der Waals surface area contributed by atoms with Crippen LogP contribution in [0.25, 0.3) is 0 Å². The van der Waals surface area contributed by atoms with E-state index in [0.717, 1.165) is 25.7 Å². The van der Waals surface area contributed by atoms with Gasteiger partial charge in [-0.05, 0) is 19.3 Å². The predicted octanol–water partition coefficient (Wildman–Crippen LogP) is 9.08.